The van der Waals surface area contributed by atoms with Crippen molar-refractivity contribution in [2.75, 3.05) is 13.4 Å². The molecule has 0 aliphatic rings. The smallest absolute Gasteiger partial charge is 0.334 e. The summed E-state index contributed by atoms with van der Waals surface area (Å²) in [7, 11) is 1.22. The number of carbonyl (C=O) groups is 2. The highest BCUT2D eigenvalue weighted by molar-refractivity contribution is 7.99. The van der Waals surface area contributed by atoms with Crippen molar-refractivity contribution in [2.45, 2.75) is 24.3 Å². The van der Waals surface area contributed by atoms with E-state index in [-0.39, 0.29) is 6.42 Å². The average Bonchev–Trinajstić information content (AvgIpc) is 2.66. The summed E-state index contributed by atoms with van der Waals surface area (Å²) in [6.07, 6.45) is 1.79. The second-order valence-electron chi connectivity index (χ2n) is 6.13. The number of Topliss-reactive ketones (excluding diaryl/α,β-unsaturated/α-hetero) is 1. The van der Waals surface area contributed by atoms with E-state index in [1.54, 1.807) is 18.4 Å². The number of esters is 1. The first-order valence-corrected chi connectivity index (χ1v) is 9.49. The fourth-order valence-corrected chi connectivity index (χ4v) is 3.31. The van der Waals surface area contributed by atoms with Gasteiger partial charge < -0.3 is 16.2 Å². The van der Waals surface area contributed by atoms with Gasteiger partial charge in [0, 0.05) is 12.0 Å². The number of nitrogens with two attached hydrogens (primary N) is 2. The van der Waals surface area contributed by atoms with Gasteiger partial charge in [0.15, 0.2) is 11.3 Å². The third kappa shape index (κ3) is 3.98. The Morgan fingerprint density at radius 1 is 1.12 bits per heavy atom. The summed E-state index contributed by atoms with van der Waals surface area (Å²) in [5.41, 5.74) is 13.4. The number of aryl methyl sites for hydroxylation is 1. The minimum absolute atomic E-state index is 0.0121. The highest BCUT2D eigenvalue weighted by Gasteiger charge is 2.45. The third-order valence-electron chi connectivity index (χ3n) is 4.39. The minimum atomic E-state index is -1.84. The van der Waals surface area contributed by atoms with E-state index < -0.39 is 22.7 Å². The zero-order valence-electron chi connectivity index (χ0n) is 15.2. The van der Waals surface area contributed by atoms with E-state index in [0.29, 0.717) is 5.56 Å². The number of ether oxygens (including phenoxy) is 1. The van der Waals surface area contributed by atoms with Gasteiger partial charge in [-0.2, -0.15) is 0 Å². The molecule has 2 rings (SSSR count). The Hall–Kier alpha value is -2.15. The van der Waals surface area contributed by atoms with Gasteiger partial charge in [-0.15, -0.1) is 11.8 Å². The molecule has 26 heavy (non-hydrogen) atoms. The molecule has 0 aromatic heterocycles. The molecule has 6 heteroatoms. The van der Waals surface area contributed by atoms with Crippen LogP contribution in [0, 0.1) is 6.92 Å². The summed E-state index contributed by atoms with van der Waals surface area (Å²) >= 11 is 1.33. The number of hydrogen-bond acceptors (Lipinski definition) is 6. The van der Waals surface area contributed by atoms with Crippen LogP contribution < -0.4 is 11.5 Å². The van der Waals surface area contributed by atoms with E-state index in [0.717, 1.165) is 16.7 Å². The van der Waals surface area contributed by atoms with E-state index in [9.17, 15) is 9.59 Å². The Labute approximate surface area is 158 Å². The molecule has 4 N–H and O–H groups in total. The van der Waals surface area contributed by atoms with E-state index in [2.05, 4.69) is 0 Å². The zero-order chi connectivity index (χ0) is 19.3. The van der Waals surface area contributed by atoms with Crippen molar-refractivity contribution in [1.29, 1.82) is 0 Å². The number of ketones is 1. The molecule has 5 nitrogen and oxygen atoms in total. The number of carbonyl (C=O) groups excluding carboxylic acids is 2. The topological polar surface area (TPSA) is 95.4 Å². The molecule has 0 aliphatic heterocycles. The molecule has 2 atom stereocenters. The maximum atomic E-state index is 13.3. The quantitative estimate of drug-likeness (QED) is 0.336. The largest absolute Gasteiger partial charge is 0.467 e. The number of hydrogen-bond donors (Lipinski definition) is 2. The summed E-state index contributed by atoms with van der Waals surface area (Å²) in [6.45, 7) is 1.97. The number of thioether (sulfide) groups is 1. The van der Waals surface area contributed by atoms with Crippen LogP contribution in [-0.2, 0) is 9.53 Å². The lowest BCUT2D eigenvalue weighted by Crippen LogP contribution is -2.58. The van der Waals surface area contributed by atoms with Crippen LogP contribution in [0.5, 0.6) is 0 Å². The van der Waals surface area contributed by atoms with Crippen LogP contribution in [-0.4, -0.2) is 36.0 Å². The Kier molecular flexibility index (Phi) is 6.58. The SMILES string of the molecule is COC(=O)[C@@](N)(CC(N)SC)C(=O)c1ccccc1-c1ccccc1C. The van der Waals surface area contributed by atoms with Gasteiger partial charge in [0.25, 0.3) is 0 Å². The molecule has 0 saturated carbocycles. The van der Waals surface area contributed by atoms with Crippen LogP contribution in [0.4, 0.5) is 0 Å². The van der Waals surface area contributed by atoms with E-state index in [1.807, 2.05) is 43.3 Å². The standard InChI is InChI=1S/C20H24N2O3S/c1-13-8-4-5-9-14(13)15-10-6-7-11-16(15)18(23)20(22,19(24)25-2)12-17(21)26-3/h4-11,17H,12,21-22H2,1-3H3/t17?,20-/m1/s1. The second-order valence-corrected chi connectivity index (χ2v) is 7.21. The summed E-state index contributed by atoms with van der Waals surface area (Å²) in [5.74, 6) is -1.28. The summed E-state index contributed by atoms with van der Waals surface area (Å²) < 4.78 is 4.82. The predicted octanol–water partition coefficient (Wildman–Crippen LogP) is 2.75. The van der Waals surface area contributed by atoms with Crippen LogP contribution >= 0.6 is 11.8 Å². The number of rotatable bonds is 7. The molecular formula is C20H24N2O3S. The summed E-state index contributed by atoms with van der Waals surface area (Å²) in [5, 5.41) is -0.464. The van der Waals surface area contributed by atoms with Gasteiger partial charge in [-0.3, -0.25) is 4.79 Å². The molecule has 0 saturated heterocycles. The second kappa shape index (κ2) is 8.49. The molecule has 2 aromatic rings. The number of methoxy groups -OCH3 is 1. The van der Waals surface area contributed by atoms with Crippen LogP contribution in [0.15, 0.2) is 48.5 Å². The molecule has 138 valence electrons. The van der Waals surface area contributed by atoms with Crippen LogP contribution in [0.3, 0.4) is 0 Å². The Morgan fingerprint density at radius 3 is 2.27 bits per heavy atom. The average molecular weight is 372 g/mol. The normalized spacial score (nSPS) is 14.3. The lowest BCUT2D eigenvalue weighted by Gasteiger charge is -2.28. The van der Waals surface area contributed by atoms with E-state index in [4.69, 9.17) is 16.2 Å². The van der Waals surface area contributed by atoms with Gasteiger partial charge in [-0.05, 0) is 29.9 Å². The van der Waals surface area contributed by atoms with Gasteiger partial charge in [-0.25, -0.2) is 4.79 Å². The van der Waals surface area contributed by atoms with Crippen molar-refractivity contribution < 1.29 is 14.3 Å². The fourth-order valence-electron chi connectivity index (χ4n) is 2.88. The maximum Gasteiger partial charge on any atom is 0.334 e. The van der Waals surface area contributed by atoms with Crippen LogP contribution in [0.2, 0.25) is 0 Å². The Balaban J connectivity index is 2.57. The molecule has 0 fully saturated rings. The predicted molar refractivity (Wildman–Crippen MR) is 106 cm³/mol. The van der Waals surface area contributed by atoms with E-state index >= 15 is 0 Å². The van der Waals surface area contributed by atoms with Gasteiger partial charge in [0.2, 0.25) is 0 Å². The van der Waals surface area contributed by atoms with Crippen molar-refractivity contribution in [3.8, 4) is 11.1 Å². The first-order chi connectivity index (χ1) is 12.3. The lowest BCUT2D eigenvalue weighted by molar-refractivity contribution is -0.145. The van der Waals surface area contributed by atoms with Crippen LogP contribution in [0.25, 0.3) is 11.1 Å². The first kappa shape index (κ1) is 20.2. The monoisotopic (exact) mass is 372 g/mol. The highest BCUT2D eigenvalue weighted by Crippen LogP contribution is 2.30. The molecule has 0 radical (unpaired) electrons. The van der Waals surface area contributed by atoms with Crippen LogP contribution in [0.1, 0.15) is 22.3 Å². The summed E-state index contributed by atoms with van der Waals surface area (Å²) in [6, 6.07) is 14.9. The lowest BCUT2D eigenvalue weighted by atomic mass is 9.83. The van der Waals surface area contributed by atoms with Crippen molar-refractivity contribution >= 4 is 23.5 Å². The molecule has 2 aromatic carbocycles. The Bertz CT molecular complexity index is 809. The molecule has 0 heterocycles. The Morgan fingerprint density at radius 2 is 1.69 bits per heavy atom. The van der Waals surface area contributed by atoms with Gasteiger partial charge >= 0.3 is 5.97 Å². The molecule has 1 unspecified atom stereocenters. The third-order valence-corrected chi connectivity index (χ3v) is 5.16. The molecule has 0 amide bonds. The van der Waals surface area contributed by atoms with Gasteiger partial charge in [-0.1, -0.05) is 48.5 Å². The molecule has 0 aliphatic carbocycles. The highest BCUT2D eigenvalue weighted by atomic mass is 32.2. The van der Waals surface area contributed by atoms with Gasteiger partial charge in [0.1, 0.15) is 0 Å². The molecular weight excluding hydrogens is 348 g/mol. The maximum absolute atomic E-state index is 13.3. The van der Waals surface area contributed by atoms with Crippen molar-refractivity contribution in [3.05, 3.63) is 59.7 Å². The minimum Gasteiger partial charge on any atom is -0.467 e. The van der Waals surface area contributed by atoms with Crippen molar-refractivity contribution in [1.82, 2.24) is 0 Å². The van der Waals surface area contributed by atoms with Gasteiger partial charge in [0.05, 0.1) is 12.5 Å². The molecule has 0 spiro atoms. The van der Waals surface area contributed by atoms with E-state index in [1.165, 1.54) is 18.9 Å². The zero-order valence-corrected chi connectivity index (χ0v) is 16.0. The number of benzene rings is 2. The van der Waals surface area contributed by atoms with Crippen molar-refractivity contribution in [2.24, 2.45) is 11.5 Å². The molecule has 0 bridgehead atoms. The van der Waals surface area contributed by atoms with Crippen molar-refractivity contribution in [3.63, 3.8) is 0 Å². The first-order valence-electron chi connectivity index (χ1n) is 8.20. The fraction of sp³-hybridized carbons (Fsp3) is 0.300. The summed E-state index contributed by atoms with van der Waals surface area (Å²) in [4.78, 5) is 25.7.